The lowest BCUT2D eigenvalue weighted by Crippen LogP contribution is -2.41. The summed E-state index contributed by atoms with van der Waals surface area (Å²) in [5, 5.41) is 3.25. The van der Waals surface area contributed by atoms with Crippen molar-refractivity contribution < 1.29 is 9.59 Å². The number of likely N-dealkylation sites (tertiary alicyclic amines) is 1. The van der Waals surface area contributed by atoms with Crippen LogP contribution in [-0.4, -0.2) is 29.8 Å². The molecule has 1 heterocycles. The summed E-state index contributed by atoms with van der Waals surface area (Å²) in [6.45, 7) is 0.963. The fraction of sp³-hybridized carbons (Fsp3) is 0.333. The number of nitrogens with zero attached hydrogens (tertiary/aromatic N) is 1. The second-order valence-electron chi connectivity index (χ2n) is 3.94. The molecule has 17 heavy (non-hydrogen) atoms. The van der Waals surface area contributed by atoms with Crippen molar-refractivity contribution in [2.45, 2.75) is 12.8 Å². The van der Waals surface area contributed by atoms with E-state index in [2.05, 4.69) is 5.32 Å². The summed E-state index contributed by atoms with van der Waals surface area (Å²) in [5.41, 5.74) is 0.594. The van der Waals surface area contributed by atoms with Crippen LogP contribution in [-0.2, 0) is 4.79 Å². The normalized spacial score (nSPS) is 15.8. The zero-order valence-corrected chi connectivity index (χ0v) is 10.0. The highest BCUT2D eigenvalue weighted by Crippen LogP contribution is 2.21. The Labute approximate surface area is 105 Å². The summed E-state index contributed by atoms with van der Waals surface area (Å²) in [6.07, 6.45) is 0.881. The molecule has 0 atom stereocenters. The Morgan fingerprint density at radius 3 is 2.53 bits per heavy atom. The molecule has 0 unspecified atom stereocenters. The van der Waals surface area contributed by atoms with Gasteiger partial charge in [0.2, 0.25) is 0 Å². The van der Waals surface area contributed by atoms with E-state index in [4.69, 9.17) is 11.6 Å². The zero-order chi connectivity index (χ0) is 12.3. The molecule has 1 aliphatic heterocycles. The second kappa shape index (κ2) is 5.19. The van der Waals surface area contributed by atoms with E-state index in [0.717, 1.165) is 0 Å². The van der Waals surface area contributed by atoms with Gasteiger partial charge in [0.05, 0.1) is 10.7 Å². The number of rotatable bonds is 1. The minimum atomic E-state index is -0.203. The largest absolute Gasteiger partial charge is 0.324 e. The third kappa shape index (κ3) is 2.97. The number of amides is 2. The second-order valence-corrected chi connectivity index (χ2v) is 4.34. The number of hydrogen-bond donors (Lipinski definition) is 1. The quantitative estimate of drug-likeness (QED) is 0.835. The molecule has 0 aliphatic carbocycles. The number of Topliss-reactive ketones (excluding diaryl/α,β-unsaturated/α-hetero) is 1. The van der Waals surface area contributed by atoms with E-state index in [1.807, 2.05) is 0 Å². The Hall–Kier alpha value is -1.55. The highest BCUT2D eigenvalue weighted by Gasteiger charge is 2.20. The Morgan fingerprint density at radius 2 is 1.88 bits per heavy atom. The summed E-state index contributed by atoms with van der Waals surface area (Å²) >= 11 is 5.94. The van der Waals surface area contributed by atoms with Crippen LogP contribution in [0.15, 0.2) is 24.3 Å². The van der Waals surface area contributed by atoms with Gasteiger partial charge < -0.3 is 10.2 Å². The van der Waals surface area contributed by atoms with Gasteiger partial charge in [-0.3, -0.25) is 4.79 Å². The van der Waals surface area contributed by atoms with Gasteiger partial charge in [0, 0.05) is 25.9 Å². The Bertz CT molecular complexity index is 438. The molecule has 0 spiro atoms. The number of nitrogens with one attached hydrogen (secondary N) is 1. The smallest absolute Gasteiger partial charge is 0.321 e. The maximum absolute atomic E-state index is 11.9. The monoisotopic (exact) mass is 252 g/mol. The predicted octanol–water partition coefficient (Wildman–Crippen LogP) is 2.54. The van der Waals surface area contributed by atoms with Crippen molar-refractivity contribution in [1.82, 2.24) is 4.90 Å². The number of ketones is 1. The Kier molecular flexibility index (Phi) is 3.64. The molecule has 2 rings (SSSR count). The maximum atomic E-state index is 11.9. The molecule has 1 saturated heterocycles. The van der Waals surface area contributed by atoms with Crippen LogP contribution in [0, 0.1) is 0 Å². The van der Waals surface area contributed by atoms with Gasteiger partial charge >= 0.3 is 6.03 Å². The highest BCUT2D eigenvalue weighted by atomic mass is 35.5. The Balaban J connectivity index is 1.98. The number of hydrogen-bond acceptors (Lipinski definition) is 2. The van der Waals surface area contributed by atoms with E-state index in [-0.39, 0.29) is 11.8 Å². The van der Waals surface area contributed by atoms with Crippen molar-refractivity contribution in [2.24, 2.45) is 0 Å². The van der Waals surface area contributed by atoms with Gasteiger partial charge in [-0.05, 0) is 12.1 Å². The SMILES string of the molecule is O=C1CCN(C(=O)Nc2ccccc2Cl)CC1. The molecule has 1 fully saturated rings. The predicted molar refractivity (Wildman–Crippen MR) is 66.3 cm³/mol. The van der Waals surface area contributed by atoms with E-state index in [0.29, 0.717) is 36.6 Å². The molecule has 1 aliphatic rings. The molecule has 0 bridgehead atoms. The van der Waals surface area contributed by atoms with Gasteiger partial charge in [0.25, 0.3) is 0 Å². The molecule has 1 N–H and O–H groups in total. The van der Waals surface area contributed by atoms with Gasteiger partial charge in [0.15, 0.2) is 0 Å². The number of carbonyl (C=O) groups excluding carboxylic acids is 2. The van der Waals surface area contributed by atoms with E-state index in [1.54, 1.807) is 29.2 Å². The maximum Gasteiger partial charge on any atom is 0.321 e. The minimum Gasteiger partial charge on any atom is -0.324 e. The fourth-order valence-electron chi connectivity index (χ4n) is 1.72. The first-order valence-electron chi connectivity index (χ1n) is 5.49. The van der Waals surface area contributed by atoms with E-state index in [9.17, 15) is 9.59 Å². The average molecular weight is 253 g/mol. The van der Waals surface area contributed by atoms with Crippen LogP contribution < -0.4 is 5.32 Å². The number of piperidine rings is 1. The van der Waals surface area contributed by atoms with Crippen molar-refractivity contribution >= 4 is 29.1 Å². The van der Waals surface area contributed by atoms with Gasteiger partial charge in [-0.25, -0.2) is 4.79 Å². The summed E-state index contributed by atoms with van der Waals surface area (Å²) in [5.74, 6) is 0.215. The molecular weight excluding hydrogens is 240 g/mol. The number of urea groups is 1. The van der Waals surface area contributed by atoms with Crippen LogP contribution in [0.3, 0.4) is 0 Å². The van der Waals surface area contributed by atoms with Crippen LogP contribution in [0.4, 0.5) is 10.5 Å². The fourth-order valence-corrected chi connectivity index (χ4v) is 1.90. The molecule has 1 aromatic carbocycles. The Morgan fingerprint density at radius 1 is 1.24 bits per heavy atom. The van der Waals surface area contributed by atoms with Crippen LogP contribution in [0.5, 0.6) is 0 Å². The average Bonchev–Trinajstić information content (AvgIpc) is 2.33. The zero-order valence-electron chi connectivity index (χ0n) is 9.28. The first kappa shape index (κ1) is 11.9. The van der Waals surface area contributed by atoms with Crippen LogP contribution in [0.25, 0.3) is 0 Å². The standard InChI is InChI=1S/C12H13ClN2O2/c13-10-3-1-2-4-11(10)14-12(17)15-7-5-9(16)6-8-15/h1-4H,5-8H2,(H,14,17). The summed E-state index contributed by atoms with van der Waals surface area (Å²) in [4.78, 5) is 24.6. The van der Waals surface area contributed by atoms with Crippen molar-refractivity contribution in [3.63, 3.8) is 0 Å². The molecule has 2 amide bonds. The van der Waals surface area contributed by atoms with Gasteiger partial charge in [-0.1, -0.05) is 23.7 Å². The van der Waals surface area contributed by atoms with Gasteiger partial charge in [0.1, 0.15) is 5.78 Å². The van der Waals surface area contributed by atoms with E-state index >= 15 is 0 Å². The molecule has 0 aromatic heterocycles. The number of benzene rings is 1. The first-order valence-corrected chi connectivity index (χ1v) is 5.87. The molecular formula is C12H13ClN2O2. The number of carbonyl (C=O) groups is 2. The van der Waals surface area contributed by atoms with Crippen molar-refractivity contribution in [3.8, 4) is 0 Å². The molecule has 90 valence electrons. The molecule has 4 nitrogen and oxygen atoms in total. The minimum absolute atomic E-state index is 0.203. The van der Waals surface area contributed by atoms with Crippen molar-refractivity contribution in [2.75, 3.05) is 18.4 Å². The van der Waals surface area contributed by atoms with Crippen LogP contribution >= 0.6 is 11.6 Å². The van der Waals surface area contributed by atoms with Crippen LogP contribution in [0.1, 0.15) is 12.8 Å². The van der Waals surface area contributed by atoms with Crippen molar-refractivity contribution in [1.29, 1.82) is 0 Å². The van der Waals surface area contributed by atoms with Crippen LogP contribution in [0.2, 0.25) is 5.02 Å². The number of halogens is 1. The lowest BCUT2D eigenvalue weighted by atomic mass is 10.1. The van der Waals surface area contributed by atoms with Gasteiger partial charge in [-0.2, -0.15) is 0 Å². The lowest BCUT2D eigenvalue weighted by molar-refractivity contribution is -0.120. The third-order valence-corrected chi connectivity index (χ3v) is 3.05. The lowest BCUT2D eigenvalue weighted by Gasteiger charge is -2.26. The van der Waals surface area contributed by atoms with Gasteiger partial charge in [-0.15, -0.1) is 0 Å². The molecule has 0 radical (unpaired) electrons. The number of para-hydroxylation sites is 1. The topological polar surface area (TPSA) is 49.4 Å². The van der Waals surface area contributed by atoms with Crippen molar-refractivity contribution in [3.05, 3.63) is 29.3 Å². The summed E-state index contributed by atoms with van der Waals surface area (Å²) in [7, 11) is 0. The molecule has 0 saturated carbocycles. The number of anilines is 1. The third-order valence-electron chi connectivity index (χ3n) is 2.72. The highest BCUT2D eigenvalue weighted by molar-refractivity contribution is 6.33. The molecule has 1 aromatic rings. The van der Waals surface area contributed by atoms with E-state index in [1.165, 1.54) is 0 Å². The summed E-state index contributed by atoms with van der Waals surface area (Å²) in [6, 6.07) is 6.87. The summed E-state index contributed by atoms with van der Waals surface area (Å²) < 4.78 is 0. The first-order chi connectivity index (χ1) is 8.16. The molecule has 5 heteroatoms. The van der Waals surface area contributed by atoms with E-state index < -0.39 is 0 Å².